The van der Waals surface area contributed by atoms with Crippen molar-refractivity contribution in [3.63, 3.8) is 0 Å². The predicted molar refractivity (Wildman–Crippen MR) is 111 cm³/mol. The molecule has 0 aliphatic carbocycles. The van der Waals surface area contributed by atoms with Crippen LogP contribution in [0.25, 0.3) is 0 Å². The number of hydrogen-bond donors (Lipinski definition) is 1. The van der Waals surface area contributed by atoms with Crippen LogP contribution in [0, 0.1) is 6.92 Å². The lowest BCUT2D eigenvalue weighted by atomic mass is 10.1. The van der Waals surface area contributed by atoms with Gasteiger partial charge in [-0.1, -0.05) is 82.9 Å². The molecule has 1 rings (SSSR count). The van der Waals surface area contributed by atoms with Crippen molar-refractivity contribution < 1.29 is 9.90 Å². The number of unbranched alkanes of at least 4 members (excludes halogenated alkanes) is 8. The summed E-state index contributed by atoms with van der Waals surface area (Å²) in [6.07, 6.45) is 12.5. The quantitative estimate of drug-likeness (QED) is 0.412. The minimum atomic E-state index is 0.149. The summed E-state index contributed by atoms with van der Waals surface area (Å²) in [4.78, 5) is 14.8. The number of nitrogens with zero attached hydrogens (tertiary/aromatic N) is 1. The van der Waals surface area contributed by atoms with E-state index in [1.165, 1.54) is 51.4 Å². The van der Waals surface area contributed by atoms with Gasteiger partial charge < -0.3 is 10.0 Å². The van der Waals surface area contributed by atoms with E-state index in [-0.39, 0.29) is 11.7 Å². The fourth-order valence-electron chi connectivity index (χ4n) is 3.30. The van der Waals surface area contributed by atoms with Crippen LogP contribution in [0.1, 0.15) is 89.2 Å². The molecule has 148 valence electrons. The van der Waals surface area contributed by atoms with Gasteiger partial charge in [-0.15, -0.1) is 0 Å². The molecule has 0 radical (unpaired) electrons. The molecule has 0 spiro atoms. The SMILES string of the molecule is CCCCCCCCN(CCCCCC)C(=O)Cc1cc(C)ccc1O. The van der Waals surface area contributed by atoms with Gasteiger partial charge in [0, 0.05) is 18.7 Å². The van der Waals surface area contributed by atoms with E-state index in [4.69, 9.17) is 0 Å². The van der Waals surface area contributed by atoms with E-state index in [2.05, 4.69) is 13.8 Å². The number of hydrogen-bond acceptors (Lipinski definition) is 2. The van der Waals surface area contributed by atoms with Crippen LogP contribution in [-0.4, -0.2) is 29.0 Å². The number of phenols is 1. The van der Waals surface area contributed by atoms with Crippen LogP contribution in [0.5, 0.6) is 5.75 Å². The van der Waals surface area contributed by atoms with Crippen LogP contribution in [0.15, 0.2) is 18.2 Å². The van der Waals surface area contributed by atoms with E-state index in [1.807, 2.05) is 24.0 Å². The molecule has 1 N–H and O–H groups in total. The maximum atomic E-state index is 12.8. The highest BCUT2D eigenvalue weighted by molar-refractivity contribution is 5.79. The molecule has 0 bridgehead atoms. The molecule has 26 heavy (non-hydrogen) atoms. The molecule has 3 heteroatoms. The summed E-state index contributed by atoms with van der Waals surface area (Å²) >= 11 is 0. The maximum absolute atomic E-state index is 12.8. The summed E-state index contributed by atoms with van der Waals surface area (Å²) in [6, 6.07) is 5.49. The molecule has 0 aromatic heterocycles. The standard InChI is InChI=1S/C23H39NO2/c1-4-6-8-10-11-13-17-24(16-12-9-7-5-2)23(26)19-21-18-20(3)14-15-22(21)25/h14-15,18,25H,4-13,16-17,19H2,1-3H3. The highest BCUT2D eigenvalue weighted by Gasteiger charge is 2.15. The maximum Gasteiger partial charge on any atom is 0.227 e. The first kappa shape index (κ1) is 22.5. The third-order valence-electron chi connectivity index (χ3n) is 4.99. The van der Waals surface area contributed by atoms with Crippen LogP contribution in [0.3, 0.4) is 0 Å². The largest absolute Gasteiger partial charge is 0.508 e. The van der Waals surface area contributed by atoms with Gasteiger partial charge in [-0.25, -0.2) is 0 Å². The Hall–Kier alpha value is -1.51. The summed E-state index contributed by atoms with van der Waals surface area (Å²) < 4.78 is 0. The van der Waals surface area contributed by atoms with Crippen molar-refractivity contribution in [1.82, 2.24) is 4.90 Å². The first-order valence-corrected chi connectivity index (χ1v) is 10.6. The number of phenolic OH excluding ortho intramolecular Hbond substituents is 1. The zero-order valence-corrected chi connectivity index (χ0v) is 17.2. The third-order valence-corrected chi connectivity index (χ3v) is 4.99. The van der Waals surface area contributed by atoms with Crippen molar-refractivity contribution in [3.05, 3.63) is 29.3 Å². The van der Waals surface area contributed by atoms with E-state index < -0.39 is 0 Å². The Bertz CT molecular complexity index is 513. The van der Waals surface area contributed by atoms with Gasteiger partial charge in [-0.3, -0.25) is 4.79 Å². The van der Waals surface area contributed by atoms with Crippen molar-refractivity contribution in [2.45, 2.75) is 91.4 Å². The summed E-state index contributed by atoms with van der Waals surface area (Å²) in [5.74, 6) is 0.380. The van der Waals surface area contributed by atoms with Crippen molar-refractivity contribution in [3.8, 4) is 5.75 Å². The van der Waals surface area contributed by atoms with Crippen molar-refractivity contribution >= 4 is 5.91 Å². The fraction of sp³-hybridized carbons (Fsp3) is 0.696. The highest BCUT2D eigenvalue weighted by atomic mass is 16.3. The second kappa shape index (κ2) is 13.7. The number of carbonyl (C=O) groups excluding carboxylic acids is 1. The lowest BCUT2D eigenvalue weighted by Gasteiger charge is -2.23. The van der Waals surface area contributed by atoms with E-state index >= 15 is 0 Å². The molecule has 0 fully saturated rings. The van der Waals surface area contributed by atoms with Gasteiger partial charge in [0.05, 0.1) is 6.42 Å². The minimum absolute atomic E-state index is 0.149. The van der Waals surface area contributed by atoms with E-state index in [0.717, 1.165) is 37.1 Å². The first-order valence-electron chi connectivity index (χ1n) is 10.6. The molecule has 0 saturated carbocycles. The van der Waals surface area contributed by atoms with E-state index in [0.29, 0.717) is 6.42 Å². The Morgan fingerprint density at radius 3 is 2.04 bits per heavy atom. The monoisotopic (exact) mass is 361 g/mol. The number of aromatic hydroxyl groups is 1. The van der Waals surface area contributed by atoms with Gasteiger partial charge in [-0.05, 0) is 25.8 Å². The van der Waals surface area contributed by atoms with E-state index in [1.54, 1.807) is 6.07 Å². The highest BCUT2D eigenvalue weighted by Crippen LogP contribution is 2.20. The molecule has 1 aromatic rings. The molecule has 0 saturated heterocycles. The molecule has 0 heterocycles. The Morgan fingerprint density at radius 1 is 0.885 bits per heavy atom. The second-order valence-electron chi connectivity index (χ2n) is 7.52. The average molecular weight is 362 g/mol. The summed E-state index contributed by atoms with van der Waals surface area (Å²) in [5, 5.41) is 10.0. The van der Waals surface area contributed by atoms with E-state index in [9.17, 15) is 9.90 Å². The number of amides is 1. The van der Waals surface area contributed by atoms with Gasteiger partial charge in [0.1, 0.15) is 5.75 Å². The van der Waals surface area contributed by atoms with Gasteiger partial charge >= 0.3 is 0 Å². The molecule has 1 amide bonds. The van der Waals surface area contributed by atoms with Crippen LogP contribution < -0.4 is 0 Å². The zero-order chi connectivity index (χ0) is 19.2. The lowest BCUT2D eigenvalue weighted by Crippen LogP contribution is -2.34. The van der Waals surface area contributed by atoms with Gasteiger partial charge in [0.2, 0.25) is 5.91 Å². The molecule has 3 nitrogen and oxygen atoms in total. The summed E-state index contributed by atoms with van der Waals surface area (Å²) in [5.41, 5.74) is 1.83. The fourth-order valence-corrected chi connectivity index (χ4v) is 3.30. The average Bonchev–Trinajstić information content (AvgIpc) is 2.62. The Labute approximate surface area is 160 Å². The lowest BCUT2D eigenvalue weighted by molar-refractivity contribution is -0.130. The molecule has 0 aliphatic rings. The van der Waals surface area contributed by atoms with Crippen molar-refractivity contribution in [2.24, 2.45) is 0 Å². The Balaban J connectivity index is 2.54. The Kier molecular flexibility index (Phi) is 11.8. The molecule has 0 atom stereocenters. The van der Waals surface area contributed by atoms with Gasteiger partial charge in [0.15, 0.2) is 0 Å². The second-order valence-corrected chi connectivity index (χ2v) is 7.52. The zero-order valence-electron chi connectivity index (χ0n) is 17.2. The number of aryl methyl sites for hydroxylation is 1. The summed E-state index contributed by atoms with van der Waals surface area (Å²) in [7, 11) is 0. The van der Waals surface area contributed by atoms with Crippen LogP contribution in [-0.2, 0) is 11.2 Å². The topological polar surface area (TPSA) is 40.5 Å². The minimum Gasteiger partial charge on any atom is -0.508 e. The Morgan fingerprint density at radius 2 is 1.42 bits per heavy atom. The number of carbonyl (C=O) groups is 1. The smallest absolute Gasteiger partial charge is 0.227 e. The summed E-state index contributed by atoms with van der Waals surface area (Å²) in [6.45, 7) is 8.13. The number of rotatable bonds is 14. The molecule has 0 unspecified atom stereocenters. The molecule has 0 aliphatic heterocycles. The molecule has 1 aromatic carbocycles. The normalized spacial score (nSPS) is 10.9. The molecular formula is C23H39NO2. The number of benzene rings is 1. The third kappa shape index (κ3) is 9.26. The first-order chi connectivity index (χ1) is 12.6. The van der Waals surface area contributed by atoms with Crippen molar-refractivity contribution in [2.75, 3.05) is 13.1 Å². The van der Waals surface area contributed by atoms with Crippen LogP contribution in [0.2, 0.25) is 0 Å². The van der Waals surface area contributed by atoms with Gasteiger partial charge in [0.25, 0.3) is 0 Å². The predicted octanol–water partition coefficient (Wildman–Crippen LogP) is 6.01. The van der Waals surface area contributed by atoms with Crippen molar-refractivity contribution in [1.29, 1.82) is 0 Å². The van der Waals surface area contributed by atoms with Crippen LogP contribution >= 0.6 is 0 Å². The molecular weight excluding hydrogens is 322 g/mol. The van der Waals surface area contributed by atoms with Gasteiger partial charge in [-0.2, -0.15) is 0 Å². The van der Waals surface area contributed by atoms with Crippen LogP contribution in [0.4, 0.5) is 0 Å².